The molecule has 5 heteroatoms. The van der Waals surface area contributed by atoms with Gasteiger partial charge < -0.3 is 15.4 Å². The second kappa shape index (κ2) is 5.23. The van der Waals surface area contributed by atoms with Gasteiger partial charge in [0.2, 0.25) is 5.95 Å². The topological polar surface area (TPSA) is 64.3 Å². The number of anilines is 1. The van der Waals surface area contributed by atoms with Crippen LogP contribution < -0.4 is 10.6 Å². The molecule has 1 aliphatic rings. The molecule has 0 radical (unpaired) electrons. The Morgan fingerprint density at radius 1 is 1.50 bits per heavy atom. The van der Waals surface area contributed by atoms with E-state index in [1.165, 1.54) is 0 Å². The van der Waals surface area contributed by atoms with E-state index in [-0.39, 0.29) is 0 Å². The summed E-state index contributed by atoms with van der Waals surface area (Å²) in [6.45, 7) is 2.11. The molecule has 0 amide bonds. The summed E-state index contributed by atoms with van der Waals surface area (Å²) >= 11 is 0. The SMILES string of the molecule is CN(c1nccc(CN)n1)C1CCOCC1. The molecule has 1 aliphatic heterocycles. The third kappa shape index (κ3) is 2.48. The van der Waals surface area contributed by atoms with Gasteiger partial charge in [0.15, 0.2) is 0 Å². The molecular formula is C11H18N4O. The molecule has 1 fully saturated rings. The monoisotopic (exact) mass is 222 g/mol. The maximum Gasteiger partial charge on any atom is 0.225 e. The van der Waals surface area contributed by atoms with E-state index in [4.69, 9.17) is 10.5 Å². The van der Waals surface area contributed by atoms with Crippen molar-refractivity contribution in [1.29, 1.82) is 0 Å². The van der Waals surface area contributed by atoms with Crippen LogP contribution in [0.1, 0.15) is 18.5 Å². The molecule has 1 aromatic rings. The highest BCUT2D eigenvalue weighted by Gasteiger charge is 2.20. The fourth-order valence-corrected chi connectivity index (χ4v) is 1.90. The molecule has 88 valence electrons. The van der Waals surface area contributed by atoms with Gasteiger partial charge in [-0.25, -0.2) is 9.97 Å². The molecule has 0 atom stereocenters. The molecule has 1 saturated heterocycles. The summed E-state index contributed by atoms with van der Waals surface area (Å²) in [5, 5.41) is 0. The van der Waals surface area contributed by atoms with E-state index in [0.717, 1.165) is 37.7 Å². The molecule has 2 heterocycles. The van der Waals surface area contributed by atoms with Crippen molar-refractivity contribution < 1.29 is 4.74 Å². The lowest BCUT2D eigenvalue weighted by atomic mass is 10.1. The summed E-state index contributed by atoms with van der Waals surface area (Å²) in [6, 6.07) is 2.32. The minimum atomic E-state index is 0.455. The third-order valence-electron chi connectivity index (χ3n) is 2.96. The fourth-order valence-electron chi connectivity index (χ4n) is 1.90. The Morgan fingerprint density at radius 3 is 2.94 bits per heavy atom. The Bertz CT molecular complexity index is 339. The number of nitrogens with two attached hydrogens (primary N) is 1. The van der Waals surface area contributed by atoms with Crippen LogP contribution >= 0.6 is 0 Å². The summed E-state index contributed by atoms with van der Waals surface area (Å²) in [7, 11) is 2.03. The van der Waals surface area contributed by atoms with Crippen molar-refractivity contribution in [3.63, 3.8) is 0 Å². The number of hydrogen-bond acceptors (Lipinski definition) is 5. The number of ether oxygens (including phenoxy) is 1. The second-order valence-corrected chi connectivity index (χ2v) is 4.01. The number of hydrogen-bond donors (Lipinski definition) is 1. The lowest BCUT2D eigenvalue weighted by Crippen LogP contribution is -2.37. The Labute approximate surface area is 95.6 Å². The standard InChI is InChI=1S/C11H18N4O/c1-15(10-3-6-16-7-4-10)11-13-5-2-9(8-12)14-11/h2,5,10H,3-4,6-8,12H2,1H3. The van der Waals surface area contributed by atoms with Crippen molar-refractivity contribution in [1.82, 2.24) is 9.97 Å². The van der Waals surface area contributed by atoms with Gasteiger partial charge in [-0.1, -0.05) is 0 Å². The Balaban J connectivity index is 2.09. The van der Waals surface area contributed by atoms with E-state index < -0.39 is 0 Å². The molecule has 0 saturated carbocycles. The minimum absolute atomic E-state index is 0.455. The minimum Gasteiger partial charge on any atom is -0.381 e. The van der Waals surface area contributed by atoms with Gasteiger partial charge in [0.25, 0.3) is 0 Å². The predicted octanol–water partition coefficient (Wildman–Crippen LogP) is 0.550. The van der Waals surface area contributed by atoms with Crippen LogP contribution in [0.5, 0.6) is 0 Å². The molecule has 2 rings (SSSR count). The molecule has 1 aromatic heterocycles. The van der Waals surface area contributed by atoms with Crippen molar-refractivity contribution in [3.8, 4) is 0 Å². The zero-order chi connectivity index (χ0) is 11.4. The average Bonchev–Trinajstić information content (AvgIpc) is 2.39. The largest absolute Gasteiger partial charge is 0.381 e. The molecule has 0 bridgehead atoms. The number of rotatable bonds is 3. The maximum absolute atomic E-state index is 5.57. The van der Waals surface area contributed by atoms with E-state index in [2.05, 4.69) is 14.9 Å². The van der Waals surface area contributed by atoms with Crippen molar-refractivity contribution in [3.05, 3.63) is 18.0 Å². The zero-order valence-electron chi connectivity index (χ0n) is 9.59. The first-order valence-electron chi connectivity index (χ1n) is 5.64. The highest BCUT2D eigenvalue weighted by Crippen LogP contribution is 2.17. The summed E-state index contributed by atoms with van der Waals surface area (Å²) < 4.78 is 5.34. The van der Waals surface area contributed by atoms with Gasteiger partial charge in [0.05, 0.1) is 5.69 Å². The summed E-state index contributed by atoms with van der Waals surface area (Å²) in [4.78, 5) is 10.8. The molecule has 16 heavy (non-hydrogen) atoms. The third-order valence-corrected chi connectivity index (χ3v) is 2.96. The van der Waals surface area contributed by atoms with Crippen molar-refractivity contribution in [2.45, 2.75) is 25.4 Å². The van der Waals surface area contributed by atoms with Gasteiger partial charge in [-0.3, -0.25) is 0 Å². The van der Waals surface area contributed by atoms with Crippen LogP contribution in [0.25, 0.3) is 0 Å². The van der Waals surface area contributed by atoms with Crippen LogP contribution in [0.15, 0.2) is 12.3 Å². The first-order valence-corrected chi connectivity index (χ1v) is 5.64. The second-order valence-electron chi connectivity index (χ2n) is 4.01. The molecular weight excluding hydrogens is 204 g/mol. The Morgan fingerprint density at radius 2 is 2.25 bits per heavy atom. The van der Waals surface area contributed by atoms with E-state index in [1.54, 1.807) is 6.20 Å². The average molecular weight is 222 g/mol. The van der Waals surface area contributed by atoms with Gasteiger partial charge in [0.1, 0.15) is 0 Å². The van der Waals surface area contributed by atoms with Crippen LogP contribution in [0, 0.1) is 0 Å². The molecule has 2 N–H and O–H groups in total. The van der Waals surface area contributed by atoms with E-state index >= 15 is 0 Å². The number of aromatic nitrogens is 2. The van der Waals surface area contributed by atoms with E-state index in [1.807, 2.05) is 13.1 Å². The highest BCUT2D eigenvalue weighted by molar-refractivity contribution is 5.30. The fraction of sp³-hybridized carbons (Fsp3) is 0.636. The van der Waals surface area contributed by atoms with Crippen LogP contribution in [0.4, 0.5) is 5.95 Å². The Kier molecular flexibility index (Phi) is 3.69. The van der Waals surface area contributed by atoms with Gasteiger partial charge in [-0.15, -0.1) is 0 Å². The first-order chi connectivity index (χ1) is 7.81. The van der Waals surface area contributed by atoms with E-state index in [0.29, 0.717) is 12.6 Å². The molecule has 0 spiro atoms. The molecule has 0 aliphatic carbocycles. The van der Waals surface area contributed by atoms with Crippen LogP contribution in [-0.4, -0.2) is 36.3 Å². The molecule has 0 unspecified atom stereocenters. The quantitative estimate of drug-likeness (QED) is 0.809. The normalized spacial score (nSPS) is 17.4. The van der Waals surface area contributed by atoms with E-state index in [9.17, 15) is 0 Å². The predicted molar refractivity (Wildman–Crippen MR) is 62.2 cm³/mol. The summed E-state index contributed by atoms with van der Waals surface area (Å²) in [5.41, 5.74) is 6.45. The molecule has 5 nitrogen and oxygen atoms in total. The molecule has 0 aromatic carbocycles. The van der Waals surface area contributed by atoms with Crippen LogP contribution in [0.2, 0.25) is 0 Å². The van der Waals surface area contributed by atoms with Crippen LogP contribution in [-0.2, 0) is 11.3 Å². The zero-order valence-corrected chi connectivity index (χ0v) is 9.59. The van der Waals surface area contributed by atoms with Crippen LogP contribution in [0.3, 0.4) is 0 Å². The summed E-state index contributed by atoms with van der Waals surface area (Å²) in [5.74, 6) is 0.759. The van der Waals surface area contributed by atoms with Gasteiger partial charge in [-0.2, -0.15) is 0 Å². The van der Waals surface area contributed by atoms with Crippen molar-refractivity contribution >= 4 is 5.95 Å². The maximum atomic E-state index is 5.57. The smallest absolute Gasteiger partial charge is 0.225 e. The first kappa shape index (κ1) is 11.3. The highest BCUT2D eigenvalue weighted by atomic mass is 16.5. The van der Waals surface area contributed by atoms with Crippen molar-refractivity contribution in [2.24, 2.45) is 5.73 Å². The van der Waals surface area contributed by atoms with Crippen molar-refractivity contribution in [2.75, 3.05) is 25.2 Å². The van der Waals surface area contributed by atoms with Gasteiger partial charge >= 0.3 is 0 Å². The van der Waals surface area contributed by atoms with Gasteiger partial charge in [-0.05, 0) is 18.9 Å². The summed E-state index contributed by atoms with van der Waals surface area (Å²) in [6.07, 6.45) is 3.83. The lowest BCUT2D eigenvalue weighted by Gasteiger charge is -2.31. The van der Waals surface area contributed by atoms with Gasteiger partial charge in [0, 0.05) is 39.0 Å². The lowest BCUT2D eigenvalue weighted by molar-refractivity contribution is 0.0852. The number of nitrogens with zero attached hydrogens (tertiary/aromatic N) is 3. The Hall–Kier alpha value is -1.20.